The summed E-state index contributed by atoms with van der Waals surface area (Å²) in [7, 11) is 1.39. The van der Waals surface area contributed by atoms with E-state index in [1.54, 1.807) is 0 Å². The molecule has 1 aliphatic heterocycles. The van der Waals surface area contributed by atoms with Crippen molar-refractivity contribution >= 4 is 22.8 Å². The summed E-state index contributed by atoms with van der Waals surface area (Å²) >= 11 is 0. The molecule has 0 N–H and O–H groups in total. The maximum atomic E-state index is 13.1. The van der Waals surface area contributed by atoms with Gasteiger partial charge in [-0.15, -0.1) is 0 Å². The van der Waals surface area contributed by atoms with Crippen molar-refractivity contribution in [3.05, 3.63) is 113 Å². The van der Waals surface area contributed by atoms with Crippen molar-refractivity contribution < 1.29 is 19.0 Å². The SMILES string of the molecule is COC(=O)c1c2c(c3ccccc3c1OCC(C)C)OC(c1ccccc1)(c1ccccc1)C=C2. The Morgan fingerprint density at radius 2 is 1.43 bits per heavy atom. The summed E-state index contributed by atoms with van der Waals surface area (Å²) in [5.41, 5.74) is 2.19. The molecule has 1 heterocycles. The molecule has 35 heavy (non-hydrogen) atoms. The number of methoxy groups -OCH3 is 1. The molecule has 0 saturated heterocycles. The summed E-state index contributed by atoms with van der Waals surface area (Å²) in [4.78, 5) is 13.1. The van der Waals surface area contributed by atoms with Crippen molar-refractivity contribution in [2.75, 3.05) is 13.7 Å². The highest BCUT2D eigenvalue weighted by molar-refractivity contribution is 6.08. The fourth-order valence-corrected chi connectivity index (χ4v) is 4.61. The lowest BCUT2D eigenvalue weighted by molar-refractivity contribution is 0.0593. The van der Waals surface area contributed by atoms with E-state index in [0.717, 1.165) is 21.9 Å². The number of hydrogen-bond acceptors (Lipinski definition) is 4. The Morgan fingerprint density at radius 3 is 2.00 bits per heavy atom. The summed E-state index contributed by atoms with van der Waals surface area (Å²) in [6, 6.07) is 28.2. The van der Waals surface area contributed by atoms with Crippen molar-refractivity contribution in [2.24, 2.45) is 5.92 Å². The largest absolute Gasteiger partial charge is 0.492 e. The molecule has 4 aromatic carbocycles. The van der Waals surface area contributed by atoms with Crippen LogP contribution in [-0.2, 0) is 10.3 Å². The Hall–Kier alpha value is -4.05. The predicted octanol–water partition coefficient (Wildman–Crippen LogP) is 7.01. The molecule has 0 amide bonds. The van der Waals surface area contributed by atoms with Crippen LogP contribution in [0.1, 0.15) is 40.9 Å². The lowest BCUT2D eigenvalue weighted by Crippen LogP contribution is -2.34. The molecule has 176 valence electrons. The lowest BCUT2D eigenvalue weighted by Gasteiger charge is -2.37. The van der Waals surface area contributed by atoms with Crippen molar-refractivity contribution in [3.63, 3.8) is 0 Å². The molecular weight excluding hydrogens is 436 g/mol. The Bertz CT molecular complexity index is 1350. The van der Waals surface area contributed by atoms with Crippen molar-refractivity contribution in [2.45, 2.75) is 19.4 Å². The molecule has 4 nitrogen and oxygen atoms in total. The molecule has 0 atom stereocenters. The quantitative estimate of drug-likeness (QED) is 0.288. The van der Waals surface area contributed by atoms with E-state index in [1.807, 2.05) is 72.8 Å². The first-order valence-corrected chi connectivity index (χ1v) is 11.8. The zero-order valence-electron chi connectivity index (χ0n) is 20.2. The number of esters is 1. The molecule has 1 aliphatic rings. The Labute approximate surface area is 205 Å². The second-order valence-corrected chi connectivity index (χ2v) is 9.09. The van der Waals surface area contributed by atoms with E-state index in [-0.39, 0.29) is 0 Å². The van der Waals surface area contributed by atoms with E-state index < -0.39 is 11.6 Å². The van der Waals surface area contributed by atoms with E-state index in [0.29, 0.717) is 35.2 Å². The summed E-state index contributed by atoms with van der Waals surface area (Å²) in [6.45, 7) is 4.64. The van der Waals surface area contributed by atoms with Gasteiger partial charge in [0.2, 0.25) is 0 Å². The molecule has 0 radical (unpaired) electrons. The van der Waals surface area contributed by atoms with E-state index in [9.17, 15) is 4.79 Å². The topological polar surface area (TPSA) is 44.8 Å². The third-order valence-electron chi connectivity index (χ3n) is 6.26. The molecule has 5 rings (SSSR count). The predicted molar refractivity (Wildman–Crippen MR) is 139 cm³/mol. The first-order valence-electron chi connectivity index (χ1n) is 11.8. The molecule has 0 unspecified atom stereocenters. The summed E-state index contributed by atoms with van der Waals surface area (Å²) in [5.74, 6) is 1.00. The van der Waals surface area contributed by atoms with Gasteiger partial charge in [0.1, 0.15) is 17.1 Å². The molecule has 4 heteroatoms. The average molecular weight is 465 g/mol. The van der Waals surface area contributed by atoms with Crippen LogP contribution >= 0.6 is 0 Å². The molecule has 0 fully saturated rings. The Morgan fingerprint density at radius 1 is 0.857 bits per heavy atom. The maximum Gasteiger partial charge on any atom is 0.342 e. The number of carbonyl (C=O) groups excluding carboxylic acids is 1. The minimum absolute atomic E-state index is 0.297. The van der Waals surface area contributed by atoms with Gasteiger partial charge in [-0.2, -0.15) is 0 Å². The molecule has 4 aromatic rings. The van der Waals surface area contributed by atoms with Crippen LogP contribution in [0, 0.1) is 5.92 Å². The van der Waals surface area contributed by atoms with Crippen molar-refractivity contribution in [1.29, 1.82) is 0 Å². The molecule has 0 bridgehead atoms. The standard InChI is InChI=1S/C31H28O4/c1-21(2)20-34-29-25-17-11-10-16-24(25)28-26(27(29)30(32)33-3)18-19-31(35-28,22-12-6-4-7-13-22)23-14-8-5-9-15-23/h4-19,21H,20H2,1-3H3. The van der Waals surface area contributed by atoms with E-state index >= 15 is 0 Å². The summed E-state index contributed by atoms with van der Waals surface area (Å²) in [5, 5.41) is 1.70. The molecule has 0 spiro atoms. The van der Waals surface area contributed by atoms with E-state index in [1.165, 1.54) is 7.11 Å². The van der Waals surface area contributed by atoms with Crippen LogP contribution in [0.5, 0.6) is 11.5 Å². The van der Waals surface area contributed by atoms with Crippen LogP contribution in [0.2, 0.25) is 0 Å². The van der Waals surface area contributed by atoms with Gasteiger partial charge in [-0.05, 0) is 18.1 Å². The number of benzene rings is 4. The number of fused-ring (bicyclic) bond motifs is 3. The zero-order valence-corrected chi connectivity index (χ0v) is 20.2. The van der Waals surface area contributed by atoms with Crippen molar-refractivity contribution in [3.8, 4) is 11.5 Å². The number of hydrogen-bond donors (Lipinski definition) is 0. The van der Waals surface area contributed by atoms with Gasteiger partial charge in [0, 0.05) is 27.5 Å². The molecule has 0 aromatic heterocycles. The van der Waals surface area contributed by atoms with Gasteiger partial charge in [-0.25, -0.2) is 4.79 Å². The van der Waals surface area contributed by atoms with Gasteiger partial charge in [0.05, 0.1) is 13.7 Å². The highest BCUT2D eigenvalue weighted by atomic mass is 16.5. The van der Waals surface area contributed by atoms with Crippen LogP contribution < -0.4 is 9.47 Å². The highest BCUT2D eigenvalue weighted by Gasteiger charge is 2.39. The van der Waals surface area contributed by atoms with Gasteiger partial charge in [0.25, 0.3) is 0 Å². The minimum Gasteiger partial charge on any atom is -0.492 e. The third-order valence-corrected chi connectivity index (χ3v) is 6.26. The highest BCUT2D eigenvalue weighted by Crippen LogP contribution is 2.49. The van der Waals surface area contributed by atoms with Crippen LogP contribution in [0.15, 0.2) is 91.0 Å². The zero-order chi connectivity index (χ0) is 24.4. The normalized spacial score (nSPS) is 13.8. The van der Waals surface area contributed by atoms with E-state index in [4.69, 9.17) is 14.2 Å². The van der Waals surface area contributed by atoms with E-state index in [2.05, 4.69) is 38.1 Å². The van der Waals surface area contributed by atoms with Gasteiger partial charge in [0.15, 0.2) is 5.60 Å². The van der Waals surface area contributed by atoms with Crippen LogP contribution in [0.25, 0.3) is 16.8 Å². The van der Waals surface area contributed by atoms with Crippen LogP contribution in [-0.4, -0.2) is 19.7 Å². The lowest BCUT2D eigenvalue weighted by atomic mass is 9.82. The second kappa shape index (κ2) is 9.30. The summed E-state index contributed by atoms with van der Waals surface area (Å²) < 4.78 is 18.4. The molecule has 0 aliphatic carbocycles. The van der Waals surface area contributed by atoms with Crippen LogP contribution in [0.3, 0.4) is 0 Å². The Kier molecular flexibility index (Phi) is 6.04. The summed E-state index contributed by atoms with van der Waals surface area (Å²) in [6.07, 6.45) is 3.99. The maximum absolute atomic E-state index is 13.1. The van der Waals surface area contributed by atoms with Gasteiger partial charge < -0.3 is 14.2 Å². The number of rotatable bonds is 6. The smallest absolute Gasteiger partial charge is 0.342 e. The van der Waals surface area contributed by atoms with Gasteiger partial charge in [-0.3, -0.25) is 0 Å². The fraction of sp³-hybridized carbons (Fsp3) is 0.194. The number of ether oxygens (including phenoxy) is 3. The molecule has 0 saturated carbocycles. The second-order valence-electron chi connectivity index (χ2n) is 9.09. The minimum atomic E-state index is -0.855. The monoisotopic (exact) mass is 464 g/mol. The Balaban J connectivity index is 1.81. The first kappa shape index (κ1) is 22.7. The fourth-order valence-electron chi connectivity index (χ4n) is 4.61. The average Bonchev–Trinajstić information content (AvgIpc) is 2.91. The van der Waals surface area contributed by atoms with Crippen LogP contribution in [0.4, 0.5) is 0 Å². The third kappa shape index (κ3) is 3.95. The van der Waals surface area contributed by atoms with Gasteiger partial charge in [-0.1, -0.05) is 98.8 Å². The number of carbonyl (C=O) groups is 1. The first-order chi connectivity index (χ1) is 17.0. The molecular formula is C31H28O4. The van der Waals surface area contributed by atoms with Gasteiger partial charge >= 0.3 is 5.97 Å². The van der Waals surface area contributed by atoms with Crippen molar-refractivity contribution in [1.82, 2.24) is 0 Å².